The lowest BCUT2D eigenvalue weighted by molar-refractivity contribution is -0.133. The van der Waals surface area contributed by atoms with Crippen LogP contribution in [0.15, 0.2) is 96.1 Å². The fraction of sp³-hybridized carbons (Fsp3) is 0.0741. The van der Waals surface area contributed by atoms with Crippen LogP contribution in [0.2, 0.25) is 0 Å². The molecule has 0 aliphatic carbocycles. The van der Waals surface area contributed by atoms with Gasteiger partial charge in [-0.3, -0.25) is 9.59 Å². The molecule has 158 valence electrons. The predicted molar refractivity (Wildman–Crippen MR) is 126 cm³/mol. The molecule has 0 atom stereocenters. The van der Waals surface area contributed by atoms with E-state index in [0.29, 0.717) is 11.3 Å². The van der Waals surface area contributed by atoms with Crippen LogP contribution in [0.5, 0.6) is 5.75 Å². The molecule has 0 radical (unpaired) electrons. The molecule has 0 spiro atoms. The minimum Gasteiger partial charge on any atom is -0.426 e. The third-order valence-electron chi connectivity index (χ3n) is 5.02. The molecule has 5 heteroatoms. The van der Waals surface area contributed by atoms with Crippen LogP contribution in [-0.2, 0) is 11.2 Å². The highest BCUT2D eigenvalue weighted by atomic mass is 16.5. The maximum atomic E-state index is 12.4. The van der Waals surface area contributed by atoms with Gasteiger partial charge < -0.3 is 4.74 Å². The van der Waals surface area contributed by atoms with Crippen LogP contribution in [0.3, 0.4) is 0 Å². The van der Waals surface area contributed by atoms with Gasteiger partial charge in [-0.25, -0.2) is 5.43 Å². The van der Waals surface area contributed by atoms with Gasteiger partial charge in [0.2, 0.25) is 0 Å². The summed E-state index contributed by atoms with van der Waals surface area (Å²) in [5.41, 5.74) is 5.83. The molecule has 5 nitrogen and oxygen atoms in total. The fourth-order valence-corrected chi connectivity index (χ4v) is 3.33. The first-order chi connectivity index (χ1) is 15.6. The molecule has 0 aromatic heterocycles. The number of fused-ring (bicyclic) bond motifs is 1. The highest BCUT2D eigenvalue weighted by molar-refractivity contribution is 5.95. The highest BCUT2D eigenvalue weighted by Gasteiger charge is 2.09. The molecule has 1 amide bonds. The number of esters is 1. The number of nitrogens with one attached hydrogen (secondary N) is 1. The molecule has 0 heterocycles. The summed E-state index contributed by atoms with van der Waals surface area (Å²) in [4.78, 5) is 24.5. The summed E-state index contributed by atoms with van der Waals surface area (Å²) in [7, 11) is 0. The summed E-state index contributed by atoms with van der Waals surface area (Å²) < 4.78 is 5.48. The van der Waals surface area contributed by atoms with Crippen LogP contribution >= 0.6 is 0 Å². The van der Waals surface area contributed by atoms with Crippen molar-refractivity contribution in [1.29, 1.82) is 0 Å². The van der Waals surface area contributed by atoms with Crippen molar-refractivity contribution in [3.05, 3.63) is 113 Å². The van der Waals surface area contributed by atoms with Gasteiger partial charge in [-0.05, 0) is 65.2 Å². The van der Waals surface area contributed by atoms with Crippen molar-refractivity contribution in [2.45, 2.75) is 13.3 Å². The van der Waals surface area contributed by atoms with Crippen LogP contribution in [-0.4, -0.2) is 18.1 Å². The Hall–Kier alpha value is -4.25. The van der Waals surface area contributed by atoms with E-state index in [2.05, 4.69) is 10.5 Å². The lowest BCUT2D eigenvalue weighted by Gasteiger charge is -2.07. The van der Waals surface area contributed by atoms with E-state index in [9.17, 15) is 9.59 Å². The standard InChI is InChI=1S/C27H22N2O3/c1-19-9-13-22(14-10-19)27(31)29-28-18-20-11-15-24(16-12-20)32-26(30)17-23-7-4-6-21-5-2-3-8-25(21)23/h2-16,18H,17H2,1H3,(H,29,31)/b28-18-. The Morgan fingerprint density at radius 1 is 0.875 bits per heavy atom. The van der Waals surface area contributed by atoms with Crippen molar-refractivity contribution in [3.8, 4) is 5.75 Å². The monoisotopic (exact) mass is 422 g/mol. The van der Waals surface area contributed by atoms with Crippen LogP contribution in [0, 0.1) is 6.92 Å². The summed E-state index contributed by atoms with van der Waals surface area (Å²) in [6.45, 7) is 1.96. The lowest BCUT2D eigenvalue weighted by Crippen LogP contribution is -2.17. The van der Waals surface area contributed by atoms with Crippen molar-refractivity contribution >= 4 is 28.9 Å². The van der Waals surface area contributed by atoms with E-state index in [-0.39, 0.29) is 18.3 Å². The number of ether oxygens (including phenoxy) is 1. The van der Waals surface area contributed by atoms with Crippen LogP contribution in [0.1, 0.15) is 27.0 Å². The number of nitrogens with zero attached hydrogens (tertiary/aromatic N) is 1. The molecule has 0 aliphatic rings. The third-order valence-corrected chi connectivity index (χ3v) is 5.02. The molecule has 4 aromatic carbocycles. The summed E-state index contributed by atoms with van der Waals surface area (Å²) in [5, 5.41) is 6.12. The van der Waals surface area contributed by atoms with Gasteiger partial charge in [0.25, 0.3) is 5.91 Å². The van der Waals surface area contributed by atoms with Crippen molar-refractivity contribution in [1.82, 2.24) is 5.43 Å². The van der Waals surface area contributed by atoms with Gasteiger partial charge in [-0.2, -0.15) is 5.10 Å². The Bertz CT molecular complexity index is 1270. The highest BCUT2D eigenvalue weighted by Crippen LogP contribution is 2.20. The zero-order valence-corrected chi connectivity index (χ0v) is 17.6. The number of rotatable bonds is 6. The number of hydrazone groups is 1. The normalized spacial score (nSPS) is 10.9. The largest absolute Gasteiger partial charge is 0.426 e. The molecule has 1 N–H and O–H groups in total. The van der Waals surface area contributed by atoms with Crippen molar-refractivity contribution in [2.75, 3.05) is 0 Å². The molecular formula is C27H22N2O3. The third kappa shape index (κ3) is 5.26. The Labute approximate surface area is 186 Å². The van der Waals surface area contributed by atoms with Crippen LogP contribution in [0.25, 0.3) is 10.8 Å². The molecule has 4 rings (SSSR count). The zero-order valence-electron chi connectivity index (χ0n) is 17.6. The first-order valence-corrected chi connectivity index (χ1v) is 10.3. The smallest absolute Gasteiger partial charge is 0.315 e. The number of benzene rings is 4. The quantitative estimate of drug-likeness (QED) is 0.204. The van der Waals surface area contributed by atoms with E-state index < -0.39 is 0 Å². The number of carbonyl (C=O) groups excluding carboxylic acids is 2. The Kier molecular flexibility index (Phi) is 6.37. The van der Waals surface area contributed by atoms with E-state index in [1.54, 1.807) is 36.4 Å². The first-order valence-electron chi connectivity index (χ1n) is 10.3. The average molecular weight is 422 g/mol. The first kappa shape index (κ1) is 21.0. The maximum absolute atomic E-state index is 12.4. The van der Waals surface area contributed by atoms with E-state index in [1.807, 2.05) is 61.5 Å². The average Bonchev–Trinajstić information content (AvgIpc) is 2.81. The van der Waals surface area contributed by atoms with Crippen LogP contribution in [0.4, 0.5) is 0 Å². The number of hydrogen-bond donors (Lipinski definition) is 1. The second-order valence-electron chi connectivity index (χ2n) is 7.42. The number of aryl methyl sites for hydroxylation is 1. The van der Waals surface area contributed by atoms with Gasteiger partial charge in [0.05, 0.1) is 12.6 Å². The minimum atomic E-state index is -0.326. The summed E-state index contributed by atoms with van der Waals surface area (Å²) in [6.07, 6.45) is 1.73. The van der Waals surface area contributed by atoms with Gasteiger partial charge >= 0.3 is 5.97 Å². The topological polar surface area (TPSA) is 67.8 Å². The zero-order chi connectivity index (χ0) is 22.3. The van der Waals surface area contributed by atoms with Gasteiger partial charge in [-0.15, -0.1) is 0 Å². The molecule has 0 saturated heterocycles. The molecule has 0 saturated carbocycles. The van der Waals surface area contributed by atoms with Gasteiger partial charge in [0.1, 0.15) is 5.75 Å². The van der Waals surface area contributed by atoms with Crippen LogP contribution < -0.4 is 10.2 Å². The van der Waals surface area contributed by atoms with Crippen molar-refractivity contribution < 1.29 is 14.3 Å². The molecule has 0 bridgehead atoms. The molecular weight excluding hydrogens is 400 g/mol. The second-order valence-corrected chi connectivity index (χ2v) is 7.42. The Morgan fingerprint density at radius 2 is 1.59 bits per heavy atom. The summed E-state index contributed by atoms with van der Waals surface area (Å²) >= 11 is 0. The van der Waals surface area contributed by atoms with E-state index >= 15 is 0 Å². The van der Waals surface area contributed by atoms with E-state index in [0.717, 1.165) is 27.5 Å². The van der Waals surface area contributed by atoms with E-state index in [4.69, 9.17) is 4.74 Å². The van der Waals surface area contributed by atoms with Gasteiger partial charge in [0, 0.05) is 5.56 Å². The minimum absolute atomic E-state index is 0.190. The fourth-order valence-electron chi connectivity index (χ4n) is 3.33. The molecule has 0 fully saturated rings. The maximum Gasteiger partial charge on any atom is 0.315 e. The number of amides is 1. The SMILES string of the molecule is Cc1ccc(C(=O)N/N=C\c2ccc(OC(=O)Cc3cccc4ccccc34)cc2)cc1. The van der Waals surface area contributed by atoms with Crippen molar-refractivity contribution in [2.24, 2.45) is 5.10 Å². The predicted octanol–water partition coefficient (Wildman–Crippen LogP) is 5.06. The van der Waals surface area contributed by atoms with E-state index in [1.165, 1.54) is 6.21 Å². The molecule has 0 aliphatic heterocycles. The Balaban J connectivity index is 1.33. The molecule has 0 unspecified atom stereocenters. The second kappa shape index (κ2) is 9.71. The summed E-state index contributed by atoms with van der Waals surface area (Å²) in [6, 6.07) is 28.0. The number of carbonyl (C=O) groups is 2. The van der Waals surface area contributed by atoms with Crippen molar-refractivity contribution in [3.63, 3.8) is 0 Å². The Morgan fingerprint density at radius 3 is 2.38 bits per heavy atom. The lowest BCUT2D eigenvalue weighted by atomic mass is 10.0. The van der Waals surface area contributed by atoms with Gasteiger partial charge in [-0.1, -0.05) is 60.2 Å². The molecule has 32 heavy (non-hydrogen) atoms. The van der Waals surface area contributed by atoms with Gasteiger partial charge in [0.15, 0.2) is 0 Å². The summed E-state index contributed by atoms with van der Waals surface area (Å²) in [5.74, 6) is -0.149. The number of hydrogen-bond acceptors (Lipinski definition) is 4. The molecule has 4 aromatic rings.